The number of aromatic hydroxyl groups is 2. The van der Waals surface area contributed by atoms with E-state index in [-0.39, 0.29) is 30.6 Å². The third-order valence-electron chi connectivity index (χ3n) is 4.89. The molecule has 0 spiro atoms. The number of fused-ring (bicyclic) bond motifs is 3. The molecule has 0 saturated heterocycles. The Balaban J connectivity index is 1.91. The van der Waals surface area contributed by atoms with Gasteiger partial charge in [0.05, 0.1) is 12.7 Å². The summed E-state index contributed by atoms with van der Waals surface area (Å²) in [6, 6.07) is 8.36. The first-order valence-corrected chi connectivity index (χ1v) is 8.24. The number of phenols is 2. The molecule has 5 rings (SSSR count). The van der Waals surface area contributed by atoms with E-state index in [0.29, 0.717) is 44.5 Å². The molecule has 0 aliphatic carbocycles. The van der Waals surface area contributed by atoms with Crippen LogP contribution in [0.1, 0.15) is 15.9 Å². The van der Waals surface area contributed by atoms with Crippen molar-refractivity contribution in [1.82, 2.24) is 0 Å². The first kappa shape index (κ1) is 15.6. The van der Waals surface area contributed by atoms with Crippen LogP contribution in [0.5, 0.6) is 28.7 Å². The minimum absolute atomic E-state index is 0.0275. The number of esters is 1. The number of hydrogen-bond donors (Lipinski definition) is 2. The molecular formula is C20H14O7. The minimum Gasteiger partial charge on any atom is -0.507 e. The average Bonchev–Trinajstić information content (AvgIpc) is 3.29. The van der Waals surface area contributed by atoms with Crippen LogP contribution in [0.3, 0.4) is 0 Å². The number of rotatable bonds is 2. The molecule has 2 aliphatic heterocycles. The van der Waals surface area contributed by atoms with Crippen LogP contribution in [0, 0.1) is 0 Å². The second kappa shape index (κ2) is 5.44. The van der Waals surface area contributed by atoms with Gasteiger partial charge in [-0.15, -0.1) is 0 Å². The molecule has 0 amide bonds. The average molecular weight is 366 g/mol. The van der Waals surface area contributed by atoms with Gasteiger partial charge >= 0.3 is 5.97 Å². The number of methoxy groups -OCH3 is 1. The van der Waals surface area contributed by atoms with E-state index < -0.39 is 5.97 Å². The van der Waals surface area contributed by atoms with E-state index in [9.17, 15) is 15.0 Å². The summed E-state index contributed by atoms with van der Waals surface area (Å²) in [4.78, 5) is 12.4. The van der Waals surface area contributed by atoms with Crippen LogP contribution in [0.15, 0.2) is 30.3 Å². The SMILES string of the molecule is COc1cc2c(-c3ccc4c(c3)OCO4)c3c(c(O)c2cc1O)COC3=O. The molecule has 2 heterocycles. The van der Waals surface area contributed by atoms with Crippen molar-refractivity contribution in [3.63, 3.8) is 0 Å². The summed E-state index contributed by atoms with van der Waals surface area (Å²) >= 11 is 0. The van der Waals surface area contributed by atoms with Crippen molar-refractivity contribution in [1.29, 1.82) is 0 Å². The van der Waals surface area contributed by atoms with Gasteiger partial charge in [-0.05, 0) is 35.2 Å². The van der Waals surface area contributed by atoms with Crippen molar-refractivity contribution in [3.8, 4) is 39.9 Å². The molecule has 3 aromatic carbocycles. The van der Waals surface area contributed by atoms with Crippen molar-refractivity contribution < 1.29 is 34.0 Å². The number of phenolic OH excluding ortho intramolecular Hbond substituents is 2. The van der Waals surface area contributed by atoms with E-state index in [1.165, 1.54) is 13.2 Å². The lowest BCUT2D eigenvalue weighted by Crippen LogP contribution is -1.99. The van der Waals surface area contributed by atoms with Gasteiger partial charge in [0.15, 0.2) is 23.0 Å². The van der Waals surface area contributed by atoms with Crippen LogP contribution in [-0.2, 0) is 11.3 Å². The summed E-state index contributed by atoms with van der Waals surface area (Å²) in [7, 11) is 1.43. The molecule has 0 unspecified atom stereocenters. The Hall–Kier alpha value is -3.61. The van der Waals surface area contributed by atoms with Gasteiger partial charge in [0.25, 0.3) is 0 Å². The highest BCUT2D eigenvalue weighted by molar-refractivity contribution is 6.13. The van der Waals surface area contributed by atoms with Crippen molar-refractivity contribution in [2.45, 2.75) is 6.61 Å². The van der Waals surface area contributed by atoms with Gasteiger partial charge in [0.2, 0.25) is 6.79 Å². The van der Waals surface area contributed by atoms with Crippen LogP contribution in [0.4, 0.5) is 0 Å². The highest BCUT2D eigenvalue weighted by Crippen LogP contribution is 2.48. The maximum atomic E-state index is 12.4. The predicted molar refractivity (Wildman–Crippen MR) is 94.5 cm³/mol. The Bertz CT molecular complexity index is 1130. The highest BCUT2D eigenvalue weighted by atomic mass is 16.7. The Morgan fingerprint density at radius 2 is 1.78 bits per heavy atom. The third-order valence-corrected chi connectivity index (χ3v) is 4.89. The second-order valence-corrected chi connectivity index (χ2v) is 6.29. The lowest BCUT2D eigenvalue weighted by molar-refractivity contribution is 0.0535. The maximum Gasteiger partial charge on any atom is 0.339 e. The van der Waals surface area contributed by atoms with E-state index in [2.05, 4.69) is 0 Å². The topological polar surface area (TPSA) is 94.5 Å². The van der Waals surface area contributed by atoms with E-state index >= 15 is 0 Å². The molecule has 0 atom stereocenters. The zero-order chi connectivity index (χ0) is 18.7. The maximum absolute atomic E-state index is 12.4. The lowest BCUT2D eigenvalue weighted by Gasteiger charge is -2.15. The van der Waals surface area contributed by atoms with Gasteiger partial charge in [0, 0.05) is 16.5 Å². The normalized spacial score (nSPS) is 14.3. The molecule has 3 aromatic rings. The summed E-state index contributed by atoms with van der Waals surface area (Å²) in [6.07, 6.45) is 0. The molecule has 7 nitrogen and oxygen atoms in total. The number of benzene rings is 3. The number of carbonyl (C=O) groups is 1. The van der Waals surface area contributed by atoms with Crippen molar-refractivity contribution >= 4 is 16.7 Å². The Morgan fingerprint density at radius 3 is 2.59 bits per heavy atom. The van der Waals surface area contributed by atoms with Crippen molar-refractivity contribution in [2.24, 2.45) is 0 Å². The van der Waals surface area contributed by atoms with Crippen LogP contribution in [-0.4, -0.2) is 30.1 Å². The molecule has 2 aliphatic rings. The van der Waals surface area contributed by atoms with Gasteiger partial charge in [-0.2, -0.15) is 0 Å². The quantitative estimate of drug-likeness (QED) is 0.672. The molecule has 0 bridgehead atoms. The standard InChI is InChI=1S/C20H14O7/c1-24-15-6-10-11(5-13(15)21)19(22)12-7-25-20(23)18(12)17(10)9-2-3-14-16(4-9)27-8-26-14/h2-6,21-22H,7-8H2,1H3. The minimum atomic E-state index is -0.512. The molecule has 2 N–H and O–H groups in total. The zero-order valence-corrected chi connectivity index (χ0v) is 14.2. The van der Waals surface area contributed by atoms with Gasteiger partial charge in [-0.3, -0.25) is 0 Å². The molecule has 136 valence electrons. The Labute approximate surface area is 153 Å². The molecular weight excluding hydrogens is 352 g/mol. The van der Waals surface area contributed by atoms with Crippen LogP contribution in [0.2, 0.25) is 0 Å². The fraction of sp³-hybridized carbons (Fsp3) is 0.150. The largest absolute Gasteiger partial charge is 0.507 e. The fourth-order valence-corrected chi connectivity index (χ4v) is 3.63. The monoisotopic (exact) mass is 366 g/mol. The summed E-state index contributed by atoms with van der Waals surface area (Å²) in [5, 5.41) is 21.8. The zero-order valence-electron chi connectivity index (χ0n) is 14.2. The van der Waals surface area contributed by atoms with E-state index in [1.807, 2.05) is 6.07 Å². The summed E-state index contributed by atoms with van der Waals surface area (Å²) < 4.78 is 21.2. The van der Waals surface area contributed by atoms with Crippen molar-refractivity contribution in [3.05, 3.63) is 41.5 Å². The molecule has 0 saturated carbocycles. The van der Waals surface area contributed by atoms with Crippen molar-refractivity contribution in [2.75, 3.05) is 13.9 Å². The lowest BCUT2D eigenvalue weighted by atomic mass is 9.89. The van der Waals surface area contributed by atoms with Gasteiger partial charge in [-0.25, -0.2) is 4.79 Å². The van der Waals surface area contributed by atoms with Gasteiger partial charge < -0.3 is 29.2 Å². The molecule has 0 fully saturated rings. The van der Waals surface area contributed by atoms with E-state index in [4.69, 9.17) is 18.9 Å². The van der Waals surface area contributed by atoms with Crippen LogP contribution >= 0.6 is 0 Å². The molecule has 0 radical (unpaired) electrons. The van der Waals surface area contributed by atoms with Gasteiger partial charge in [0.1, 0.15) is 12.4 Å². The Kier molecular flexibility index (Phi) is 3.15. The summed E-state index contributed by atoms with van der Waals surface area (Å²) in [6.45, 7) is 0.108. The van der Waals surface area contributed by atoms with Crippen LogP contribution < -0.4 is 14.2 Å². The second-order valence-electron chi connectivity index (χ2n) is 6.29. The number of carbonyl (C=O) groups excluding carboxylic acids is 1. The van der Waals surface area contributed by atoms with Crippen LogP contribution in [0.25, 0.3) is 21.9 Å². The Morgan fingerprint density at radius 1 is 0.963 bits per heavy atom. The fourth-order valence-electron chi connectivity index (χ4n) is 3.63. The summed E-state index contributed by atoms with van der Waals surface area (Å²) in [5.74, 6) is 0.711. The number of hydrogen-bond acceptors (Lipinski definition) is 7. The molecule has 7 heteroatoms. The number of ether oxygens (including phenoxy) is 4. The highest BCUT2D eigenvalue weighted by Gasteiger charge is 2.32. The molecule has 0 aromatic heterocycles. The van der Waals surface area contributed by atoms with E-state index in [0.717, 1.165) is 0 Å². The third kappa shape index (κ3) is 2.11. The van der Waals surface area contributed by atoms with E-state index in [1.54, 1.807) is 18.2 Å². The predicted octanol–water partition coefficient (Wildman–Crippen LogP) is 3.33. The van der Waals surface area contributed by atoms with Gasteiger partial charge in [-0.1, -0.05) is 6.07 Å². The molecule has 27 heavy (non-hydrogen) atoms. The number of cyclic esters (lactones) is 1. The first-order chi connectivity index (χ1) is 13.1. The summed E-state index contributed by atoms with van der Waals surface area (Å²) in [5.41, 5.74) is 1.97. The first-order valence-electron chi connectivity index (χ1n) is 8.24. The smallest absolute Gasteiger partial charge is 0.339 e.